The summed E-state index contributed by atoms with van der Waals surface area (Å²) in [6, 6.07) is 7.15. The number of anilines is 2. The summed E-state index contributed by atoms with van der Waals surface area (Å²) >= 11 is 0. The summed E-state index contributed by atoms with van der Waals surface area (Å²) in [6.45, 7) is 10.8. The molecular formula is C37H55N9O10. The van der Waals surface area contributed by atoms with Gasteiger partial charge in [0.25, 0.3) is 17.9 Å². The van der Waals surface area contributed by atoms with Crippen molar-refractivity contribution >= 4 is 47.8 Å². The van der Waals surface area contributed by atoms with Gasteiger partial charge >= 0.3 is 0 Å². The smallest absolute Gasteiger partial charge is 0.290 e. The molecule has 2 aromatic heterocycles. The van der Waals surface area contributed by atoms with Crippen molar-refractivity contribution in [1.82, 2.24) is 30.6 Å². The summed E-state index contributed by atoms with van der Waals surface area (Å²) in [7, 11) is 0. The zero-order valence-corrected chi connectivity index (χ0v) is 32.2. The van der Waals surface area contributed by atoms with E-state index in [2.05, 4.69) is 53.7 Å². The van der Waals surface area contributed by atoms with Gasteiger partial charge in [0.05, 0.1) is 70.9 Å². The van der Waals surface area contributed by atoms with Crippen LogP contribution in [0.15, 0.2) is 52.2 Å². The number of amides is 2. The van der Waals surface area contributed by atoms with E-state index >= 15 is 0 Å². The van der Waals surface area contributed by atoms with Gasteiger partial charge in [-0.2, -0.15) is 4.98 Å². The molecule has 0 saturated heterocycles. The molecule has 0 aliphatic rings. The van der Waals surface area contributed by atoms with Gasteiger partial charge in [-0.1, -0.05) is 26.2 Å². The van der Waals surface area contributed by atoms with Gasteiger partial charge in [0.2, 0.25) is 12.4 Å². The standard InChI is InChI=1S/C18H21N7O2.C12H21NO5.C6H11NO.CH2O2/c1-2-3-8-20-16(26)11-4-6-12(7-5-11)21-9-13-10-22-15-14(23-13)17(27)25-18(19)24-15;1-2-4-15-6-8-17-10-11-18-9-7-16-5-3-13-12-14;1-3-4-7-5-6(2)8;2-1-3/h4-7,10,21H,2-3,8-9H2,1H3,(H,20,26)(H3,19,22,24,25,27);1,12H,3-11H2,(H,13,14);4-5,8H,3H2,1-2H3;1H,(H,2,3)/b;;6-5-,7-4?;. The first-order chi connectivity index (χ1) is 27.2. The topological polar surface area (TPSA) is 275 Å². The normalized spacial score (nSPS) is 10.4. The monoisotopic (exact) mass is 785 g/mol. The molecule has 3 rings (SSSR count). The predicted octanol–water partition coefficient (Wildman–Crippen LogP) is 2.46. The van der Waals surface area contributed by atoms with Crippen LogP contribution in [0.2, 0.25) is 0 Å². The highest BCUT2D eigenvalue weighted by molar-refractivity contribution is 5.94. The van der Waals surface area contributed by atoms with E-state index in [0.717, 1.165) is 24.9 Å². The Morgan fingerprint density at radius 2 is 1.62 bits per heavy atom. The molecule has 8 N–H and O–H groups in total. The number of hydrogen-bond donors (Lipinski definition) is 7. The van der Waals surface area contributed by atoms with Gasteiger partial charge in [-0.15, -0.1) is 6.42 Å². The third kappa shape index (κ3) is 26.8. The Bertz CT molecular complexity index is 1660. The van der Waals surface area contributed by atoms with Crippen LogP contribution >= 0.6 is 0 Å². The van der Waals surface area contributed by atoms with E-state index in [0.29, 0.717) is 90.2 Å². The number of ether oxygens (including phenoxy) is 4. The number of aliphatic hydroxyl groups is 1. The minimum atomic E-state index is -0.426. The third-order valence-electron chi connectivity index (χ3n) is 6.25. The number of nitrogen functional groups attached to an aromatic ring is 1. The first-order valence-electron chi connectivity index (χ1n) is 17.7. The number of nitrogens with zero attached hydrogens (tertiary/aromatic N) is 4. The van der Waals surface area contributed by atoms with Crippen molar-refractivity contribution in [2.45, 2.75) is 46.6 Å². The highest BCUT2D eigenvalue weighted by Crippen LogP contribution is 2.11. The number of aromatic amines is 1. The summed E-state index contributed by atoms with van der Waals surface area (Å²) in [4.78, 5) is 60.6. The van der Waals surface area contributed by atoms with Crippen LogP contribution in [0, 0.1) is 12.3 Å². The number of aromatic nitrogens is 4. The first-order valence-corrected chi connectivity index (χ1v) is 17.7. The van der Waals surface area contributed by atoms with Crippen LogP contribution in [0.4, 0.5) is 11.6 Å². The number of aliphatic imine (C=N–C) groups is 1. The highest BCUT2D eigenvalue weighted by Gasteiger charge is 2.08. The largest absolute Gasteiger partial charge is 0.511 e. The molecule has 0 fully saturated rings. The Morgan fingerprint density at radius 3 is 2.20 bits per heavy atom. The molecule has 0 aliphatic heterocycles. The lowest BCUT2D eigenvalue weighted by Gasteiger charge is -2.08. The second-order valence-corrected chi connectivity index (χ2v) is 10.8. The first kappa shape index (κ1) is 50.1. The molecule has 0 spiro atoms. The van der Waals surface area contributed by atoms with Gasteiger partial charge in [-0.25, -0.2) is 9.97 Å². The van der Waals surface area contributed by atoms with Gasteiger partial charge in [-0.3, -0.25) is 29.2 Å². The molecule has 0 atom stereocenters. The number of fused-ring (bicyclic) bond motifs is 1. The van der Waals surface area contributed by atoms with Crippen LogP contribution in [0.25, 0.3) is 11.2 Å². The number of carbonyl (C=O) groups is 3. The molecule has 56 heavy (non-hydrogen) atoms. The van der Waals surface area contributed by atoms with E-state index in [4.69, 9.17) is 46.1 Å². The summed E-state index contributed by atoms with van der Waals surface area (Å²) in [5.41, 5.74) is 7.43. The van der Waals surface area contributed by atoms with Gasteiger partial charge in [0.15, 0.2) is 11.2 Å². The highest BCUT2D eigenvalue weighted by atomic mass is 16.6. The lowest BCUT2D eigenvalue weighted by Crippen LogP contribution is -2.24. The Hall–Kier alpha value is -5.94. The molecule has 308 valence electrons. The molecule has 3 aromatic rings. The number of carbonyl (C=O) groups excluding carboxylic acids is 2. The maximum Gasteiger partial charge on any atom is 0.290 e. The summed E-state index contributed by atoms with van der Waals surface area (Å²) in [5, 5.41) is 24.0. The zero-order valence-electron chi connectivity index (χ0n) is 32.2. The van der Waals surface area contributed by atoms with Gasteiger partial charge < -0.3 is 50.8 Å². The van der Waals surface area contributed by atoms with Crippen molar-refractivity contribution in [3.05, 3.63) is 64.0 Å². The SMILES string of the molecule is C#CCOCCOCCOCCOCCNC=O.CCC=N/C=C(/C)O.CCCCNC(=O)c1ccc(NCc2cnc3nc(N)[nH]c(=O)c3n2)cc1.O=CO. The second-order valence-electron chi connectivity index (χ2n) is 10.8. The number of benzene rings is 1. The average molecular weight is 786 g/mol. The molecule has 0 aliphatic carbocycles. The van der Waals surface area contributed by atoms with E-state index in [-0.39, 0.29) is 35.3 Å². The Labute approximate surface area is 326 Å². The van der Waals surface area contributed by atoms with E-state index in [9.17, 15) is 14.4 Å². The third-order valence-corrected chi connectivity index (χ3v) is 6.25. The average Bonchev–Trinajstić information content (AvgIpc) is 3.18. The second kappa shape index (κ2) is 34.8. The molecule has 19 nitrogen and oxygen atoms in total. The number of unbranched alkanes of at least 4 members (excludes halogenated alkanes) is 1. The molecular weight excluding hydrogens is 730 g/mol. The number of carboxylic acid groups (broad SMARTS) is 1. The van der Waals surface area contributed by atoms with Gasteiger partial charge in [-0.05, 0) is 44.0 Å². The molecule has 2 heterocycles. The zero-order chi connectivity index (χ0) is 41.7. The Morgan fingerprint density at radius 1 is 1.00 bits per heavy atom. The number of allylic oxidation sites excluding steroid dienone is 1. The van der Waals surface area contributed by atoms with Crippen LogP contribution < -0.4 is 27.2 Å². The van der Waals surface area contributed by atoms with Crippen LogP contribution in [0.5, 0.6) is 0 Å². The van der Waals surface area contributed by atoms with Crippen LogP contribution in [-0.2, 0) is 35.1 Å². The van der Waals surface area contributed by atoms with Crippen molar-refractivity contribution in [2.75, 3.05) is 77.0 Å². The van der Waals surface area contributed by atoms with Crippen LogP contribution in [0.1, 0.15) is 56.1 Å². The number of aliphatic hydroxyl groups excluding tert-OH is 1. The molecule has 0 saturated carbocycles. The quantitative estimate of drug-likeness (QED) is 0.0239. The molecule has 0 radical (unpaired) electrons. The van der Waals surface area contributed by atoms with Crippen molar-refractivity contribution in [1.29, 1.82) is 0 Å². The number of terminal acetylenes is 1. The molecule has 19 heteroatoms. The van der Waals surface area contributed by atoms with Crippen molar-refractivity contribution in [3.8, 4) is 12.3 Å². The fourth-order valence-corrected chi connectivity index (χ4v) is 3.72. The summed E-state index contributed by atoms with van der Waals surface area (Å²) in [5.74, 6) is 2.54. The predicted molar refractivity (Wildman–Crippen MR) is 213 cm³/mol. The summed E-state index contributed by atoms with van der Waals surface area (Å²) in [6.07, 6.45) is 13.3. The Kier molecular flexibility index (Phi) is 31.1. The number of nitrogens with one attached hydrogen (secondary N) is 4. The van der Waals surface area contributed by atoms with Crippen molar-refractivity contribution in [2.24, 2.45) is 4.99 Å². The van der Waals surface area contributed by atoms with Gasteiger partial charge in [0, 0.05) is 30.6 Å². The van der Waals surface area contributed by atoms with E-state index in [1.54, 1.807) is 25.3 Å². The maximum absolute atomic E-state index is 12.0. The fraction of sp³-hybridized carbons (Fsp3) is 0.459. The molecule has 1 aromatic carbocycles. The molecule has 0 bridgehead atoms. The number of H-pyrrole nitrogens is 1. The lowest BCUT2D eigenvalue weighted by molar-refractivity contribution is -0.122. The number of nitrogens with two attached hydrogens (primary N) is 1. The van der Waals surface area contributed by atoms with Gasteiger partial charge in [0.1, 0.15) is 12.4 Å². The van der Waals surface area contributed by atoms with Crippen LogP contribution in [0.3, 0.4) is 0 Å². The molecule has 0 unspecified atom stereocenters. The van der Waals surface area contributed by atoms with E-state index in [1.165, 1.54) is 12.4 Å². The number of rotatable bonds is 23. The van der Waals surface area contributed by atoms with E-state index < -0.39 is 5.56 Å². The van der Waals surface area contributed by atoms with Crippen LogP contribution in [-0.4, -0.2) is 121 Å². The van der Waals surface area contributed by atoms with Crippen molar-refractivity contribution in [3.63, 3.8) is 0 Å². The minimum absolute atomic E-state index is 0.00601. The minimum Gasteiger partial charge on any atom is -0.511 e. The lowest BCUT2D eigenvalue weighted by atomic mass is 10.2. The fourth-order valence-electron chi connectivity index (χ4n) is 3.72. The molecule has 2 amide bonds. The summed E-state index contributed by atoms with van der Waals surface area (Å²) < 4.78 is 20.7. The number of hydrogen-bond acceptors (Lipinski definition) is 15. The Balaban J connectivity index is 0.000000897. The van der Waals surface area contributed by atoms with E-state index in [1.807, 2.05) is 19.1 Å². The maximum atomic E-state index is 12.0. The van der Waals surface area contributed by atoms with Crippen molar-refractivity contribution < 1.29 is 43.5 Å².